The number of likely N-dealkylation sites (N-methyl/N-ethyl adjacent to an activating group) is 1. The molecule has 124 valence electrons. The topological polar surface area (TPSA) is 54.7 Å². The van der Waals surface area contributed by atoms with E-state index in [1.54, 1.807) is 13.4 Å². The second-order valence-electron chi connectivity index (χ2n) is 5.43. The molecule has 0 bridgehead atoms. The molecule has 0 saturated heterocycles. The van der Waals surface area contributed by atoms with E-state index in [2.05, 4.69) is 21.2 Å². The van der Waals surface area contributed by atoms with Crippen LogP contribution in [0.3, 0.4) is 0 Å². The highest BCUT2D eigenvalue weighted by molar-refractivity contribution is 9.10. The van der Waals surface area contributed by atoms with E-state index in [4.69, 9.17) is 9.15 Å². The maximum atomic E-state index is 12.1. The third-order valence-corrected chi connectivity index (χ3v) is 3.94. The fourth-order valence-electron chi connectivity index (χ4n) is 2.36. The van der Waals surface area contributed by atoms with Gasteiger partial charge in [-0.15, -0.1) is 0 Å². The highest BCUT2D eigenvalue weighted by Gasteiger charge is 2.14. The van der Waals surface area contributed by atoms with Crippen LogP contribution in [0.5, 0.6) is 5.75 Å². The number of methoxy groups -OCH3 is 1. The van der Waals surface area contributed by atoms with Gasteiger partial charge in [-0.25, -0.2) is 0 Å². The summed E-state index contributed by atoms with van der Waals surface area (Å²) in [6.07, 6.45) is 1.60. The highest BCUT2D eigenvalue weighted by Crippen LogP contribution is 2.24. The Balaban J connectivity index is 1.90. The number of halogens is 1. The summed E-state index contributed by atoms with van der Waals surface area (Å²) in [5.41, 5.74) is 1.02. The zero-order chi connectivity index (χ0) is 16.8. The molecule has 0 fully saturated rings. The van der Waals surface area contributed by atoms with E-state index in [1.165, 1.54) is 0 Å². The van der Waals surface area contributed by atoms with Crippen LogP contribution in [-0.2, 0) is 11.3 Å². The molecule has 1 aromatic carbocycles. The summed E-state index contributed by atoms with van der Waals surface area (Å²) < 4.78 is 11.6. The number of amides is 1. The minimum atomic E-state index is -0.147. The summed E-state index contributed by atoms with van der Waals surface area (Å²) in [7, 11) is 3.54. The molecule has 0 radical (unpaired) electrons. The normalized spacial score (nSPS) is 12.2. The lowest BCUT2D eigenvalue weighted by atomic mass is 10.2. The predicted octanol–water partition coefficient (Wildman–Crippen LogP) is 3.36. The molecule has 0 aliphatic heterocycles. The van der Waals surface area contributed by atoms with Crippen LogP contribution in [0.2, 0.25) is 0 Å². The lowest BCUT2D eigenvalue weighted by Crippen LogP contribution is -2.36. The molecule has 1 amide bonds. The van der Waals surface area contributed by atoms with Crippen LogP contribution >= 0.6 is 15.9 Å². The van der Waals surface area contributed by atoms with Gasteiger partial charge >= 0.3 is 0 Å². The molecule has 23 heavy (non-hydrogen) atoms. The van der Waals surface area contributed by atoms with Crippen molar-refractivity contribution in [3.05, 3.63) is 52.4 Å². The highest BCUT2D eigenvalue weighted by atomic mass is 79.9. The van der Waals surface area contributed by atoms with Crippen LogP contribution in [0.25, 0.3) is 0 Å². The van der Waals surface area contributed by atoms with E-state index in [0.29, 0.717) is 13.1 Å². The maximum Gasteiger partial charge on any atom is 0.234 e. The van der Waals surface area contributed by atoms with Gasteiger partial charge in [0.05, 0.1) is 26.0 Å². The number of benzene rings is 1. The first-order valence-corrected chi connectivity index (χ1v) is 8.12. The smallest absolute Gasteiger partial charge is 0.234 e. The second-order valence-corrected chi connectivity index (χ2v) is 6.35. The Morgan fingerprint density at radius 2 is 2.22 bits per heavy atom. The number of ether oxygens (including phenoxy) is 1. The van der Waals surface area contributed by atoms with Gasteiger partial charge in [0.2, 0.25) is 5.91 Å². The Bertz CT molecular complexity index is 643. The van der Waals surface area contributed by atoms with E-state index in [-0.39, 0.29) is 11.9 Å². The van der Waals surface area contributed by atoms with Crippen molar-refractivity contribution in [3.63, 3.8) is 0 Å². The largest absolute Gasteiger partial charge is 0.496 e. The van der Waals surface area contributed by atoms with Crippen molar-refractivity contribution in [1.29, 1.82) is 0 Å². The van der Waals surface area contributed by atoms with Gasteiger partial charge in [0.15, 0.2) is 0 Å². The zero-order valence-electron chi connectivity index (χ0n) is 13.5. The summed E-state index contributed by atoms with van der Waals surface area (Å²) in [5, 5.41) is 2.92. The van der Waals surface area contributed by atoms with Crippen LogP contribution in [0.4, 0.5) is 0 Å². The van der Waals surface area contributed by atoms with Crippen LogP contribution in [0, 0.1) is 0 Å². The van der Waals surface area contributed by atoms with E-state index < -0.39 is 0 Å². The van der Waals surface area contributed by atoms with Crippen LogP contribution < -0.4 is 10.1 Å². The summed E-state index contributed by atoms with van der Waals surface area (Å²) in [5.74, 6) is 1.50. The molecule has 6 heteroatoms. The fraction of sp³-hybridized carbons (Fsp3) is 0.353. The van der Waals surface area contributed by atoms with Crippen molar-refractivity contribution in [3.8, 4) is 5.75 Å². The number of carbonyl (C=O) groups excluding carboxylic acids is 1. The lowest BCUT2D eigenvalue weighted by Gasteiger charge is -2.19. The number of nitrogens with one attached hydrogen (secondary N) is 1. The minimum Gasteiger partial charge on any atom is -0.496 e. The molecule has 0 spiro atoms. The first-order valence-electron chi connectivity index (χ1n) is 7.33. The van der Waals surface area contributed by atoms with Crippen molar-refractivity contribution in [1.82, 2.24) is 10.2 Å². The van der Waals surface area contributed by atoms with Gasteiger partial charge in [-0.05, 0) is 44.3 Å². The van der Waals surface area contributed by atoms with Gasteiger partial charge in [-0.1, -0.05) is 15.9 Å². The molecule has 1 N–H and O–H groups in total. The van der Waals surface area contributed by atoms with Crippen molar-refractivity contribution >= 4 is 21.8 Å². The van der Waals surface area contributed by atoms with Gasteiger partial charge in [0.25, 0.3) is 0 Å². The van der Waals surface area contributed by atoms with Crippen molar-refractivity contribution in [2.75, 3.05) is 20.7 Å². The van der Waals surface area contributed by atoms with Crippen molar-refractivity contribution in [2.24, 2.45) is 0 Å². The Morgan fingerprint density at radius 1 is 1.43 bits per heavy atom. The number of hydrogen-bond donors (Lipinski definition) is 1. The van der Waals surface area contributed by atoms with Crippen molar-refractivity contribution < 1.29 is 13.9 Å². The molecular formula is C17H21BrN2O3. The molecule has 2 aromatic rings. The zero-order valence-corrected chi connectivity index (χ0v) is 15.1. The van der Waals surface area contributed by atoms with Gasteiger partial charge in [0.1, 0.15) is 11.5 Å². The summed E-state index contributed by atoms with van der Waals surface area (Å²) in [6, 6.07) is 9.35. The Hall–Kier alpha value is -1.79. The molecule has 1 atom stereocenters. The average Bonchev–Trinajstić information content (AvgIpc) is 3.01. The monoisotopic (exact) mass is 380 g/mol. The minimum absolute atomic E-state index is 0.0506. The lowest BCUT2D eigenvalue weighted by molar-refractivity contribution is -0.122. The number of carbonyl (C=O) groups is 1. The number of rotatable bonds is 7. The fourth-order valence-corrected chi connectivity index (χ4v) is 2.77. The molecule has 1 unspecified atom stereocenters. The van der Waals surface area contributed by atoms with Gasteiger partial charge in [0, 0.05) is 16.6 Å². The Morgan fingerprint density at radius 3 is 2.87 bits per heavy atom. The third-order valence-electron chi connectivity index (χ3n) is 3.44. The molecule has 0 saturated carbocycles. The van der Waals surface area contributed by atoms with Crippen LogP contribution in [0.1, 0.15) is 24.3 Å². The summed E-state index contributed by atoms with van der Waals surface area (Å²) in [6.45, 7) is 2.81. The standard InChI is InChI=1S/C17H21BrN2O3/c1-12(15-5-4-8-23-15)19-17(21)11-20(2)10-13-9-14(18)6-7-16(13)22-3/h4-9,12H,10-11H2,1-3H3,(H,19,21). The molecule has 2 rings (SSSR count). The molecule has 1 aromatic heterocycles. The first kappa shape index (κ1) is 17.6. The number of hydrogen-bond acceptors (Lipinski definition) is 4. The summed E-state index contributed by atoms with van der Waals surface area (Å²) in [4.78, 5) is 14.1. The number of nitrogens with zero attached hydrogens (tertiary/aromatic N) is 1. The first-order chi connectivity index (χ1) is 11.0. The third kappa shape index (κ3) is 5.11. The second kappa shape index (κ2) is 8.17. The van der Waals surface area contributed by atoms with E-state index >= 15 is 0 Å². The Labute approximate surface area is 144 Å². The maximum absolute atomic E-state index is 12.1. The van der Waals surface area contributed by atoms with E-state index in [1.807, 2.05) is 49.2 Å². The average molecular weight is 381 g/mol. The quantitative estimate of drug-likeness (QED) is 0.799. The van der Waals surface area contributed by atoms with E-state index in [9.17, 15) is 4.79 Å². The molecule has 1 heterocycles. The van der Waals surface area contributed by atoms with E-state index in [0.717, 1.165) is 21.5 Å². The molecule has 0 aliphatic rings. The SMILES string of the molecule is COc1ccc(Br)cc1CN(C)CC(=O)NC(C)c1ccco1. The van der Waals surface area contributed by atoms with Gasteiger partial charge in [-0.3, -0.25) is 9.69 Å². The van der Waals surface area contributed by atoms with Crippen molar-refractivity contribution in [2.45, 2.75) is 19.5 Å². The molecule has 0 aliphatic carbocycles. The predicted molar refractivity (Wildman–Crippen MR) is 92.3 cm³/mol. The molecular weight excluding hydrogens is 360 g/mol. The van der Waals surface area contributed by atoms with Crippen LogP contribution in [-0.4, -0.2) is 31.5 Å². The Kier molecular flexibility index (Phi) is 6.24. The number of furan rings is 1. The van der Waals surface area contributed by atoms with Gasteiger partial charge in [-0.2, -0.15) is 0 Å². The van der Waals surface area contributed by atoms with Gasteiger partial charge < -0.3 is 14.5 Å². The summed E-state index contributed by atoms with van der Waals surface area (Å²) >= 11 is 3.46. The van der Waals surface area contributed by atoms with Crippen LogP contribution in [0.15, 0.2) is 45.5 Å². The molecule has 5 nitrogen and oxygen atoms in total.